The zero-order valence-electron chi connectivity index (χ0n) is 19.0. The molecule has 6 heteroatoms. The molecule has 0 aromatic heterocycles. The molecule has 0 heterocycles. The number of esters is 1. The summed E-state index contributed by atoms with van der Waals surface area (Å²) in [7, 11) is 0. The molecule has 33 heavy (non-hydrogen) atoms. The highest BCUT2D eigenvalue weighted by molar-refractivity contribution is 5.69. The zero-order valence-corrected chi connectivity index (χ0v) is 19.0. The van der Waals surface area contributed by atoms with Crippen molar-refractivity contribution in [2.45, 2.75) is 45.9 Å². The van der Waals surface area contributed by atoms with Gasteiger partial charge in [-0.05, 0) is 49.1 Å². The van der Waals surface area contributed by atoms with E-state index in [4.69, 9.17) is 14.2 Å². The van der Waals surface area contributed by atoms with Gasteiger partial charge in [-0.15, -0.1) is 0 Å². The summed E-state index contributed by atoms with van der Waals surface area (Å²) in [4.78, 5) is 23.0. The molecule has 0 N–H and O–H groups in total. The Labute approximate surface area is 194 Å². The summed E-state index contributed by atoms with van der Waals surface area (Å²) in [5, 5.41) is 3.04. The highest BCUT2D eigenvalue weighted by atomic mass is 16.5. The van der Waals surface area contributed by atoms with E-state index < -0.39 is 6.10 Å². The molecule has 0 radical (unpaired) electrons. The third-order valence-corrected chi connectivity index (χ3v) is 5.24. The van der Waals surface area contributed by atoms with Crippen molar-refractivity contribution in [3.05, 3.63) is 100.0 Å². The van der Waals surface area contributed by atoms with Crippen LogP contribution in [0.25, 0.3) is 0 Å². The van der Waals surface area contributed by atoms with Gasteiger partial charge in [-0.25, -0.2) is 0 Å². The minimum Gasteiger partial charge on any atom is -0.489 e. The Hall–Kier alpha value is -3.67. The molecule has 1 atom stereocenters. The molecular weight excluding hydrogens is 418 g/mol. The van der Waals surface area contributed by atoms with E-state index >= 15 is 0 Å². The van der Waals surface area contributed by atoms with Crippen LogP contribution in [0.2, 0.25) is 0 Å². The minimum absolute atomic E-state index is 0.0212. The largest absolute Gasteiger partial charge is 0.489 e. The maximum absolute atomic E-state index is 12.0. The van der Waals surface area contributed by atoms with Crippen molar-refractivity contribution in [2.75, 3.05) is 6.61 Å². The van der Waals surface area contributed by atoms with Crippen LogP contribution in [0.5, 0.6) is 11.5 Å². The molecule has 0 aliphatic carbocycles. The van der Waals surface area contributed by atoms with Gasteiger partial charge in [0, 0.05) is 18.1 Å². The van der Waals surface area contributed by atoms with Crippen LogP contribution >= 0.6 is 0 Å². The van der Waals surface area contributed by atoms with Crippen LogP contribution in [0.1, 0.15) is 48.1 Å². The summed E-state index contributed by atoms with van der Waals surface area (Å²) in [5.41, 5.74) is 3.73. The fourth-order valence-electron chi connectivity index (χ4n) is 3.54. The maximum Gasteiger partial charge on any atom is 0.305 e. The van der Waals surface area contributed by atoms with Crippen LogP contribution in [0.4, 0.5) is 0 Å². The lowest BCUT2D eigenvalue weighted by Gasteiger charge is -2.23. The number of aryl methyl sites for hydroxylation is 1. The van der Waals surface area contributed by atoms with Gasteiger partial charge in [0.15, 0.2) is 0 Å². The first-order valence-electron chi connectivity index (χ1n) is 11.1. The lowest BCUT2D eigenvalue weighted by molar-refractivity contribution is -0.143. The number of hydrogen-bond acceptors (Lipinski definition) is 6. The molecule has 1 unspecified atom stereocenters. The van der Waals surface area contributed by atoms with Gasteiger partial charge in [0.05, 0.1) is 6.61 Å². The lowest BCUT2D eigenvalue weighted by Crippen LogP contribution is -2.14. The van der Waals surface area contributed by atoms with E-state index in [1.165, 1.54) is 0 Å². The average molecular weight is 448 g/mol. The van der Waals surface area contributed by atoms with Gasteiger partial charge in [0.1, 0.15) is 30.8 Å². The van der Waals surface area contributed by atoms with Crippen molar-refractivity contribution in [1.82, 2.24) is 0 Å². The Morgan fingerprint density at radius 1 is 1.00 bits per heavy atom. The van der Waals surface area contributed by atoms with Gasteiger partial charge in [-0.1, -0.05) is 59.8 Å². The molecular formula is C27H29NO5. The second-order valence-electron chi connectivity index (χ2n) is 7.64. The van der Waals surface area contributed by atoms with Crippen molar-refractivity contribution < 1.29 is 19.0 Å². The maximum atomic E-state index is 12.0. The Kier molecular flexibility index (Phi) is 9.00. The number of ether oxygens (including phenoxy) is 3. The molecule has 3 aromatic rings. The molecule has 0 bridgehead atoms. The molecule has 3 rings (SSSR count). The second-order valence-corrected chi connectivity index (χ2v) is 7.64. The minimum atomic E-state index is -0.398. The molecule has 0 saturated heterocycles. The van der Waals surface area contributed by atoms with Crippen molar-refractivity contribution in [1.29, 1.82) is 0 Å². The van der Waals surface area contributed by atoms with E-state index in [2.05, 4.69) is 5.18 Å². The van der Waals surface area contributed by atoms with Crippen LogP contribution in [-0.4, -0.2) is 12.6 Å². The van der Waals surface area contributed by atoms with Gasteiger partial charge >= 0.3 is 5.97 Å². The summed E-state index contributed by atoms with van der Waals surface area (Å²) in [6.45, 7) is 4.52. The number of carbonyl (C=O) groups excluding carboxylic acids is 1. The quantitative estimate of drug-likeness (QED) is 0.240. The van der Waals surface area contributed by atoms with Crippen molar-refractivity contribution in [3.8, 4) is 11.5 Å². The zero-order chi connectivity index (χ0) is 23.5. The smallest absolute Gasteiger partial charge is 0.305 e. The first-order valence-corrected chi connectivity index (χ1v) is 11.1. The molecule has 0 saturated carbocycles. The highest BCUT2D eigenvalue weighted by Crippen LogP contribution is 2.33. The predicted molar refractivity (Wildman–Crippen MR) is 127 cm³/mol. The molecule has 0 fully saturated rings. The van der Waals surface area contributed by atoms with Crippen LogP contribution in [0.15, 0.2) is 78.0 Å². The van der Waals surface area contributed by atoms with Gasteiger partial charge in [-0.2, -0.15) is 4.91 Å². The predicted octanol–water partition coefficient (Wildman–Crippen LogP) is 6.30. The molecule has 0 amide bonds. The first kappa shape index (κ1) is 24.0. The standard InChI is InChI=1S/C27H29NO5/c1-3-31-27(29)16-15-25(24-12-8-7-9-20(24)2)33-26-17-23(14-13-22(26)18-28-30)32-19-21-10-5-4-6-11-21/h4-14,17,25H,3,15-16,18-19H2,1-2H3. The number of benzene rings is 3. The van der Waals surface area contributed by atoms with Crippen LogP contribution in [0.3, 0.4) is 0 Å². The van der Waals surface area contributed by atoms with E-state index in [0.717, 1.165) is 16.7 Å². The first-order chi connectivity index (χ1) is 16.1. The van der Waals surface area contributed by atoms with Crippen LogP contribution in [-0.2, 0) is 22.7 Å². The molecule has 172 valence electrons. The van der Waals surface area contributed by atoms with E-state index in [-0.39, 0.29) is 18.9 Å². The van der Waals surface area contributed by atoms with Crippen molar-refractivity contribution in [3.63, 3.8) is 0 Å². The van der Waals surface area contributed by atoms with E-state index in [0.29, 0.717) is 36.7 Å². The molecule has 0 aliphatic heterocycles. The summed E-state index contributed by atoms with van der Waals surface area (Å²) >= 11 is 0. The summed E-state index contributed by atoms with van der Waals surface area (Å²) < 4.78 is 17.4. The van der Waals surface area contributed by atoms with E-state index in [1.807, 2.05) is 61.5 Å². The molecule has 6 nitrogen and oxygen atoms in total. The van der Waals surface area contributed by atoms with Crippen molar-refractivity contribution in [2.24, 2.45) is 5.18 Å². The number of hydrogen-bond donors (Lipinski definition) is 0. The van der Waals surface area contributed by atoms with E-state index in [9.17, 15) is 9.70 Å². The Morgan fingerprint density at radius 2 is 1.76 bits per heavy atom. The number of rotatable bonds is 12. The third-order valence-electron chi connectivity index (χ3n) is 5.24. The summed E-state index contributed by atoms with van der Waals surface area (Å²) in [6.07, 6.45) is 0.260. The molecule has 0 aliphatic rings. The lowest BCUT2D eigenvalue weighted by atomic mass is 9.99. The monoisotopic (exact) mass is 447 g/mol. The fraction of sp³-hybridized carbons (Fsp3) is 0.296. The van der Waals surface area contributed by atoms with Crippen LogP contribution < -0.4 is 9.47 Å². The fourth-order valence-corrected chi connectivity index (χ4v) is 3.54. The Morgan fingerprint density at radius 3 is 2.48 bits per heavy atom. The second kappa shape index (κ2) is 12.4. The normalized spacial score (nSPS) is 11.5. The average Bonchev–Trinajstić information content (AvgIpc) is 2.83. The van der Waals surface area contributed by atoms with Gasteiger partial charge in [-0.3, -0.25) is 4.79 Å². The third kappa shape index (κ3) is 7.17. The topological polar surface area (TPSA) is 74.2 Å². The van der Waals surface area contributed by atoms with Crippen molar-refractivity contribution >= 4 is 5.97 Å². The summed E-state index contributed by atoms with van der Waals surface area (Å²) in [5.74, 6) is 0.865. The number of nitroso groups, excluding NO2 is 1. The summed E-state index contributed by atoms with van der Waals surface area (Å²) in [6, 6.07) is 23.1. The van der Waals surface area contributed by atoms with E-state index in [1.54, 1.807) is 25.1 Å². The van der Waals surface area contributed by atoms with Gasteiger partial charge in [0.25, 0.3) is 0 Å². The van der Waals surface area contributed by atoms with Gasteiger partial charge < -0.3 is 14.2 Å². The SMILES string of the molecule is CCOC(=O)CCC(Oc1cc(OCc2ccccc2)ccc1CN=O)c1ccccc1C. The number of nitrogens with zero attached hydrogens (tertiary/aromatic N) is 1. The Bertz CT molecular complexity index is 1050. The van der Waals surface area contributed by atoms with Crippen LogP contribution in [0, 0.1) is 11.8 Å². The molecule has 0 spiro atoms. The Balaban J connectivity index is 1.84. The molecule has 3 aromatic carbocycles. The number of carbonyl (C=O) groups is 1. The van der Waals surface area contributed by atoms with Gasteiger partial charge in [0.2, 0.25) is 0 Å². The highest BCUT2D eigenvalue weighted by Gasteiger charge is 2.20.